The van der Waals surface area contributed by atoms with E-state index in [1.807, 2.05) is 12.4 Å². The second-order valence-electron chi connectivity index (χ2n) is 5.12. The highest BCUT2D eigenvalue weighted by Gasteiger charge is 2.12. The Morgan fingerprint density at radius 3 is 2.78 bits per heavy atom. The summed E-state index contributed by atoms with van der Waals surface area (Å²) in [6.07, 6.45) is 3.79. The summed E-state index contributed by atoms with van der Waals surface area (Å²) in [5.74, 6) is 0. The molecule has 1 aliphatic heterocycles. The lowest BCUT2D eigenvalue weighted by atomic mass is 10.1. The highest BCUT2D eigenvalue weighted by molar-refractivity contribution is 5.21. The molecule has 0 spiro atoms. The maximum absolute atomic E-state index is 4.11. The van der Waals surface area contributed by atoms with Gasteiger partial charge in [0.25, 0.3) is 0 Å². The number of piperazine rings is 1. The van der Waals surface area contributed by atoms with Crippen molar-refractivity contribution >= 4 is 0 Å². The molecule has 0 atom stereocenters. The topological polar surface area (TPSA) is 31.4 Å². The normalized spacial score (nSPS) is 18.1. The maximum atomic E-state index is 4.11. The summed E-state index contributed by atoms with van der Waals surface area (Å²) < 4.78 is 0. The number of rotatable bonds is 5. The van der Waals surface area contributed by atoms with Gasteiger partial charge in [0.2, 0.25) is 0 Å². The van der Waals surface area contributed by atoms with Gasteiger partial charge in [-0.05, 0) is 31.2 Å². The Morgan fingerprint density at radius 2 is 2.06 bits per heavy atom. The fourth-order valence-corrected chi connectivity index (χ4v) is 2.23. The van der Waals surface area contributed by atoms with Crippen LogP contribution in [0.3, 0.4) is 0 Å². The Hall–Kier alpha value is -0.970. The third-order valence-corrected chi connectivity index (χ3v) is 3.65. The van der Waals surface area contributed by atoms with Crippen LogP contribution >= 0.6 is 0 Å². The van der Waals surface area contributed by atoms with Crippen molar-refractivity contribution in [3.8, 4) is 0 Å². The second-order valence-corrected chi connectivity index (χ2v) is 5.12. The third kappa shape index (κ3) is 4.05. The standard InChI is InChI=1S/C14H24N4/c1-13-11-15-4-3-14(13)12-16-5-6-18-9-7-17(2)8-10-18/h3-4,11,16H,5-10,12H2,1-2H3. The summed E-state index contributed by atoms with van der Waals surface area (Å²) in [6.45, 7) is 10.1. The van der Waals surface area contributed by atoms with Gasteiger partial charge in [-0.3, -0.25) is 9.88 Å². The minimum atomic E-state index is 0.947. The lowest BCUT2D eigenvalue weighted by Gasteiger charge is -2.32. The van der Waals surface area contributed by atoms with E-state index < -0.39 is 0 Å². The molecule has 1 N–H and O–H groups in total. The van der Waals surface area contributed by atoms with E-state index in [9.17, 15) is 0 Å². The molecule has 0 unspecified atom stereocenters. The lowest BCUT2D eigenvalue weighted by molar-refractivity contribution is 0.154. The molecule has 4 heteroatoms. The van der Waals surface area contributed by atoms with Crippen LogP contribution in [0, 0.1) is 6.92 Å². The van der Waals surface area contributed by atoms with Gasteiger partial charge in [-0.1, -0.05) is 0 Å². The van der Waals surface area contributed by atoms with Crippen molar-refractivity contribution in [3.05, 3.63) is 29.6 Å². The van der Waals surface area contributed by atoms with Crippen molar-refractivity contribution in [2.45, 2.75) is 13.5 Å². The van der Waals surface area contributed by atoms with E-state index in [2.05, 4.69) is 40.1 Å². The van der Waals surface area contributed by atoms with Crippen molar-refractivity contribution in [2.75, 3.05) is 46.3 Å². The van der Waals surface area contributed by atoms with Crippen molar-refractivity contribution in [3.63, 3.8) is 0 Å². The molecule has 1 aliphatic rings. The van der Waals surface area contributed by atoms with Gasteiger partial charge in [-0.25, -0.2) is 0 Å². The van der Waals surface area contributed by atoms with Crippen molar-refractivity contribution in [1.82, 2.24) is 20.1 Å². The number of aryl methyl sites for hydroxylation is 1. The van der Waals surface area contributed by atoms with Crippen LogP contribution < -0.4 is 5.32 Å². The van der Waals surface area contributed by atoms with Gasteiger partial charge in [0.05, 0.1) is 0 Å². The van der Waals surface area contributed by atoms with E-state index in [-0.39, 0.29) is 0 Å². The number of aromatic nitrogens is 1. The first-order valence-corrected chi connectivity index (χ1v) is 6.77. The molecule has 2 rings (SSSR count). The van der Waals surface area contributed by atoms with Crippen molar-refractivity contribution < 1.29 is 0 Å². The van der Waals surface area contributed by atoms with E-state index in [0.29, 0.717) is 0 Å². The lowest BCUT2D eigenvalue weighted by Crippen LogP contribution is -2.46. The van der Waals surface area contributed by atoms with Gasteiger partial charge in [0.1, 0.15) is 0 Å². The van der Waals surface area contributed by atoms with E-state index in [1.165, 1.54) is 37.3 Å². The van der Waals surface area contributed by atoms with Gasteiger partial charge in [0, 0.05) is 58.2 Å². The number of hydrogen-bond donors (Lipinski definition) is 1. The SMILES string of the molecule is Cc1cnccc1CNCCN1CCN(C)CC1. The monoisotopic (exact) mass is 248 g/mol. The fourth-order valence-electron chi connectivity index (χ4n) is 2.23. The van der Waals surface area contributed by atoms with Gasteiger partial charge in [-0.2, -0.15) is 0 Å². The fraction of sp³-hybridized carbons (Fsp3) is 0.643. The van der Waals surface area contributed by atoms with Gasteiger partial charge in [0.15, 0.2) is 0 Å². The molecular weight excluding hydrogens is 224 g/mol. The highest BCUT2D eigenvalue weighted by Crippen LogP contribution is 2.04. The molecule has 18 heavy (non-hydrogen) atoms. The van der Waals surface area contributed by atoms with Crippen LogP contribution in [0.2, 0.25) is 0 Å². The molecule has 4 nitrogen and oxygen atoms in total. The first-order valence-electron chi connectivity index (χ1n) is 6.77. The van der Waals surface area contributed by atoms with Crippen molar-refractivity contribution in [2.24, 2.45) is 0 Å². The second kappa shape index (κ2) is 6.83. The Morgan fingerprint density at radius 1 is 1.28 bits per heavy atom. The molecule has 100 valence electrons. The molecule has 0 saturated carbocycles. The number of likely N-dealkylation sites (N-methyl/N-ethyl adjacent to an activating group) is 1. The van der Waals surface area contributed by atoms with Crippen LogP contribution in [0.25, 0.3) is 0 Å². The zero-order valence-electron chi connectivity index (χ0n) is 11.5. The molecule has 1 fully saturated rings. The average molecular weight is 248 g/mol. The zero-order valence-corrected chi connectivity index (χ0v) is 11.5. The van der Waals surface area contributed by atoms with Crippen LogP contribution in [-0.2, 0) is 6.54 Å². The molecule has 0 radical (unpaired) electrons. The zero-order chi connectivity index (χ0) is 12.8. The molecule has 1 saturated heterocycles. The largest absolute Gasteiger partial charge is 0.311 e. The Balaban J connectivity index is 1.63. The van der Waals surface area contributed by atoms with Gasteiger partial charge < -0.3 is 10.2 Å². The van der Waals surface area contributed by atoms with E-state index >= 15 is 0 Å². The molecule has 1 aromatic heterocycles. The van der Waals surface area contributed by atoms with Crippen LogP contribution in [0.4, 0.5) is 0 Å². The Bertz CT molecular complexity index is 359. The van der Waals surface area contributed by atoms with Crippen LogP contribution in [0.1, 0.15) is 11.1 Å². The maximum Gasteiger partial charge on any atom is 0.0300 e. The highest BCUT2D eigenvalue weighted by atomic mass is 15.2. The number of nitrogens with one attached hydrogen (secondary N) is 1. The molecule has 2 heterocycles. The first-order chi connectivity index (χ1) is 8.75. The summed E-state index contributed by atoms with van der Waals surface area (Å²) in [5, 5.41) is 3.52. The Labute approximate surface area is 110 Å². The summed E-state index contributed by atoms with van der Waals surface area (Å²) in [4.78, 5) is 9.04. The summed E-state index contributed by atoms with van der Waals surface area (Å²) in [5.41, 5.74) is 2.62. The predicted molar refractivity (Wildman–Crippen MR) is 74.6 cm³/mol. The minimum absolute atomic E-state index is 0.947. The predicted octanol–water partition coefficient (Wildman–Crippen LogP) is 0.727. The molecule has 0 aliphatic carbocycles. The number of nitrogens with zero attached hydrogens (tertiary/aromatic N) is 3. The Kier molecular flexibility index (Phi) is 5.11. The van der Waals surface area contributed by atoms with E-state index in [4.69, 9.17) is 0 Å². The summed E-state index contributed by atoms with van der Waals surface area (Å²) in [7, 11) is 2.20. The van der Waals surface area contributed by atoms with E-state index in [1.54, 1.807) is 0 Å². The first kappa shape index (κ1) is 13.5. The average Bonchev–Trinajstić information content (AvgIpc) is 2.39. The van der Waals surface area contributed by atoms with Gasteiger partial charge >= 0.3 is 0 Å². The quantitative estimate of drug-likeness (QED) is 0.778. The van der Waals surface area contributed by atoms with Crippen LogP contribution in [0.15, 0.2) is 18.5 Å². The number of pyridine rings is 1. The smallest absolute Gasteiger partial charge is 0.0300 e. The van der Waals surface area contributed by atoms with Gasteiger partial charge in [-0.15, -0.1) is 0 Å². The summed E-state index contributed by atoms with van der Waals surface area (Å²) >= 11 is 0. The number of hydrogen-bond acceptors (Lipinski definition) is 4. The van der Waals surface area contributed by atoms with Crippen LogP contribution in [-0.4, -0.2) is 61.1 Å². The van der Waals surface area contributed by atoms with Crippen LogP contribution in [0.5, 0.6) is 0 Å². The minimum Gasteiger partial charge on any atom is -0.311 e. The summed E-state index contributed by atoms with van der Waals surface area (Å²) in [6, 6.07) is 2.10. The molecular formula is C14H24N4. The third-order valence-electron chi connectivity index (χ3n) is 3.65. The molecule has 0 bridgehead atoms. The van der Waals surface area contributed by atoms with E-state index in [0.717, 1.165) is 19.6 Å². The molecule has 1 aromatic rings. The molecule has 0 aromatic carbocycles. The molecule has 0 amide bonds. The van der Waals surface area contributed by atoms with Crippen molar-refractivity contribution in [1.29, 1.82) is 0 Å².